The summed E-state index contributed by atoms with van der Waals surface area (Å²) < 4.78 is 13.6. The van der Waals surface area contributed by atoms with Crippen molar-refractivity contribution < 1.29 is 14.3 Å². The Kier molecular flexibility index (Phi) is 7.36. The monoisotopic (exact) mass is 449 g/mol. The van der Waals surface area contributed by atoms with Gasteiger partial charge in [-0.25, -0.2) is 0 Å². The summed E-state index contributed by atoms with van der Waals surface area (Å²) in [5, 5.41) is 7.78. The average Bonchev–Trinajstić information content (AvgIpc) is 3.43. The van der Waals surface area contributed by atoms with Crippen LogP contribution in [0.15, 0.2) is 42.5 Å². The van der Waals surface area contributed by atoms with Gasteiger partial charge in [0.15, 0.2) is 0 Å². The summed E-state index contributed by atoms with van der Waals surface area (Å²) in [5.41, 5.74) is 4.87. The van der Waals surface area contributed by atoms with Gasteiger partial charge in [0.2, 0.25) is 0 Å². The first-order valence-electron chi connectivity index (χ1n) is 11.9. The normalized spacial score (nSPS) is 16.0. The van der Waals surface area contributed by atoms with Crippen LogP contribution in [0.2, 0.25) is 0 Å². The highest BCUT2D eigenvalue weighted by atomic mass is 16.5. The summed E-state index contributed by atoms with van der Waals surface area (Å²) in [5.74, 6) is 1.24. The lowest BCUT2D eigenvalue weighted by molar-refractivity contribution is 0.0679. The van der Waals surface area contributed by atoms with Crippen molar-refractivity contribution in [1.29, 1.82) is 0 Å². The molecular weight excluding hydrogens is 414 g/mol. The van der Waals surface area contributed by atoms with Gasteiger partial charge < -0.3 is 24.7 Å². The van der Waals surface area contributed by atoms with Crippen LogP contribution in [0.5, 0.6) is 5.75 Å². The number of fused-ring (bicyclic) bond motifs is 1. The summed E-state index contributed by atoms with van der Waals surface area (Å²) in [7, 11) is 2.09. The molecule has 6 nitrogen and oxygen atoms in total. The molecule has 0 saturated carbocycles. The van der Waals surface area contributed by atoms with Gasteiger partial charge in [-0.15, -0.1) is 0 Å². The molecule has 0 bridgehead atoms. The van der Waals surface area contributed by atoms with Crippen LogP contribution in [-0.2, 0) is 18.3 Å². The van der Waals surface area contributed by atoms with Crippen molar-refractivity contribution in [2.75, 3.05) is 25.1 Å². The Labute approximate surface area is 196 Å². The molecule has 1 unspecified atom stereocenters. The van der Waals surface area contributed by atoms with E-state index in [1.165, 1.54) is 11.1 Å². The van der Waals surface area contributed by atoms with Crippen molar-refractivity contribution >= 4 is 22.5 Å². The molecule has 3 aromatic rings. The lowest BCUT2D eigenvalue weighted by Gasteiger charge is -2.13. The Morgan fingerprint density at radius 2 is 2.00 bits per heavy atom. The van der Waals surface area contributed by atoms with Crippen LogP contribution in [0.25, 0.3) is 10.9 Å². The van der Waals surface area contributed by atoms with Crippen molar-refractivity contribution in [2.24, 2.45) is 13.0 Å². The van der Waals surface area contributed by atoms with Crippen LogP contribution < -0.4 is 15.4 Å². The van der Waals surface area contributed by atoms with Crippen LogP contribution in [-0.4, -0.2) is 36.3 Å². The molecule has 2 N–H and O–H groups in total. The van der Waals surface area contributed by atoms with Crippen LogP contribution in [0, 0.1) is 12.8 Å². The maximum atomic E-state index is 12.9. The summed E-state index contributed by atoms with van der Waals surface area (Å²) in [6, 6.07) is 13.6. The van der Waals surface area contributed by atoms with Gasteiger partial charge in [0.25, 0.3) is 5.91 Å². The fraction of sp³-hybridized carbons (Fsp3) is 0.444. The van der Waals surface area contributed by atoms with E-state index in [0.29, 0.717) is 18.1 Å². The predicted molar refractivity (Wildman–Crippen MR) is 133 cm³/mol. The zero-order chi connectivity index (χ0) is 23.4. The number of nitrogens with zero attached hydrogens (tertiary/aromatic N) is 1. The van der Waals surface area contributed by atoms with E-state index in [1.54, 1.807) is 12.1 Å². The van der Waals surface area contributed by atoms with Gasteiger partial charge in [0, 0.05) is 42.5 Å². The van der Waals surface area contributed by atoms with Crippen LogP contribution in [0.4, 0.5) is 5.69 Å². The van der Waals surface area contributed by atoms with E-state index in [0.717, 1.165) is 55.1 Å². The molecule has 6 heteroatoms. The zero-order valence-electron chi connectivity index (χ0n) is 20.1. The minimum absolute atomic E-state index is 0.129. The molecule has 1 aliphatic heterocycles. The first-order valence-corrected chi connectivity index (χ1v) is 11.9. The van der Waals surface area contributed by atoms with Crippen LogP contribution >= 0.6 is 0 Å². The number of ether oxygens (including phenoxy) is 2. The first kappa shape index (κ1) is 23.3. The minimum atomic E-state index is -0.129. The second-order valence-electron chi connectivity index (χ2n) is 9.32. The molecule has 33 heavy (non-hydrogen) atoms. The van der Waals surface area contributed by atoms with Crippen molar-refractivity contribution in [3.8, 4) is 5.75 Å². The number of amides is 1. The molecule has 4 rings (SSSR count). The number of hydrogen-bond donors (Lipinski definition) is 2. The molecule has 1 fully saturated rings. The lowest BCUT2D eigenvalue weighted by atomic mass is 10.1. The molecule has 0 radical (unpaired) electrons. The second kappa shape index (κ2) is 10.4. The topological polar surface area (TPSA) is 64.5 Å². The van der Waals surface area contributed by atoms with Crippen molar-refractivity contribution in [3.63, 3.8) is 0 Å². The van der Waals surface area contributed by atoms with E-state index < -0.39 is 0 Å². The smallest absolute Gasteiger partial charge is 0.255 e. The summed E-state index contributed by atoms with van der Waals surface area (Å²) in [4.78, 5) is 12.9. The van der Waals surface area contributed by atoms with Gasteiger partial charge in [-0.2, -0.15) is 0 Å². The lowest BCUT2D eigenvalue weighted by Crippen LogP contribution is -2.20. The molecule has 1 atom stereocenters. The van der Waals surface area contributed by atoms with Gasteiger partial charge in [-0.05, 0) is 74.2 Å². The quantitative estimate of drug-likeness (QED) is 0.480. The van der Waals surface area contributed by atoms with E-state index in [1.807, 2.05) is 18.2 Å². The first-order chi connectivity index (χ1) is 15.9. The van der Waals surface area contributed by atoms with Crippen molar-refractivity contribution in [2.45, 2.75) is 46.3 Å². The third-order valence-electron chi connectivity index (χ3n) is 6.23. The summed E-state index contributed by atoms with van der Waals surface area (Å²) in [6.45, 7) is 9.66. The van der Waals surface area contributed by atoms with Gasteiger partial charge in [-0.1, -0.05) is 19.9 Å². The molecule has 2 aromatic carbocycles. The average molecular weight is 450 g/mol. The number of aromatic nitrogens is 1. The number of carbonyl (C=O) groups excluding carboxylic acids is 1. The fourth-order valence-corrected chi connectivity index (χ4v) is 4.36. The maximum absolute atomic E-state index is 12.9. The van der Waals surface area contributed by atoms with Crippen molar-refractivity contribution in [1.82, 2.24) is 9.88 Å². The molecule has 1 aliphatic rings. The van der Waals surface area contributed by atoms with Gasteiger partial charge >= 0.3 is 0 Å². The second-order valence-corrected chi connectivity index (χ2v) is 9.32. The highest BCUT2D eigenvalue weighted by molar-refractivity contribution is 6.06. The standard InChI is InChI=1S/C27H35N3O3/c1-18(2)15-28-16-22-14-21-9-12-25(19(3)26(21)30(22)4)29-27(31)20-7-10-23(11-8-20)33-17-24-6-5-13-32-24/h7-12,14,18,24,28H,5-6,13,15-17H2,1-4H3,(H,29,31). The van der Waals surface area contributed by atoms with Gasteiger partial charge in [0.1, 0.15) is 12.4 Å². The van der Waals surface area contributed by atoms with Crippen LogP contribution in [0.1, 0.15) is 48.3 Å². The predicted octanol–water partition coefficient (Wildman–Crippen LogP) is 5.04. The van der Waals surface area contributed by atoms with Gasteiger partial charge in [0.05, 0.1) is 11.6 Å². The molecule has 0 spiro atoms. The molecule has 1 amide bonds. The molecule has 0 aliphatic carbocycles. The number of hydrogen-bond acceptors (Lipinski definition) is 4. The Morgan fingerprint density at radius 1 is 1.21 bits per heavy atom. The van der Waals surface area contributed by atoms with E-state index >= 15 is 0 Å². The number of nitrogens with one attached hydrogen (secondary N) is 2. The largest absolute Gasteiger partial charge is 0.491 e. The highest BCUT2D eigenvalue weighted by Crippen LogP contribution is 2.28. The Balaban J connectivity index is 1.42. The summed E-state index contributed by atoms with van der Waals surface area (Å²) in [6.07, 6.45) is 2.31. The van der Waals surface area contributed by atoms with E-state index in [9.17, 15) is 4.79 Å². The van der Waals surface area contributed by atoms with Gasteiger partial charge in [-0.3, -0.25) is 4.79 Å². The van der Waals surface area contributed by atoms with E-state index in [4.69, 9.17) is 9.47 Å². The van der Waals surface area contributed by atoms with E-state index in [2.05, 4.69) is 55.2 Å². The number of benzene rings is 2. The maximum Gasteiger partial charge on any atom is 0.255 e. The fourth-order valence-electron chi connectivity index (χ4n) is 4.36. The third kappa shape index (κ3) is 5.57. The highest BCUT2D eigenvalue weighted by Gasteiger charge is 2.17. The summed E-state index contributed by atoms with van der Waals surface area (Å²) >= 11 is 0. The molecular formula is C27H35N3O3. The van der Waals surface area contributed by atoms with Crippen molar-refractivity contribution in [3.05, 3.63) is 59.3 Å². The zero-order valence-corrected chi connectivity index (χ0v) is 20.1. The number of rotatable bonds is 9. The minimum Gasteiger partial charge on any atom is -0.491 e. The van der Waals surface area contributed by atoms with Crippen LogP contribution in [0.3, 0.4) is 0 Å². The molecule has 176 valence electrons. The molecule has 1 saturated heterocycles. The SMILES string of the molecule is Cc1c(NC(=O)c2ccc(OCC3CCCO3)cc2)ccc2cc(CNCC(C)C)n(C)c12. The Morgan fingerprint density at radius 3 is 2.70 bits per heavy atom. The Hall–Kier alpha value is -2.83. The number of anilines is 1. The number of carbonyl (C=O) groups is 1. The number of aryl methyl sites for hydroxylation is 2. The Bertz CT molecular complexity index is 1100. The van der Waals surface area contributed by atoms with E-state index in [-0.39, 0.29) is 12.0 Å². The molecule has 1 aromatic heterocycles. The third-order valence-corrected chi connectivity index (χ3v) is 6.23. The molecule has 2 heterocycles.